The second-order valence-electron chi connectivity index (χ2n) is 18.9. The third-order valence-electron chi connectivity index (χ3n) is 13.7. The van der Waals surface area contributed by atoms with Crippen LogP contribution in [0.1, 0.15) is 64.2 Å². The van der Waals surface area contributed by atoms with E-state index in [1.165, 1.54) is 70.3 Å². The molecule has 8 atom stereocenters. The monoisotopic (exact) mass is 1250 g/mol. The third-order valence-corrected chi connectivity index (χ3v) is 14.2. The van der Waals surface area contributed by atoms with Gasteiger partial charge >= 0.3 is 12.2 Å². The van der Waals surface area contributed by atoms with Gasteiger partial charge in [0, 0.05) is 85.9 Å². The number of ether oxygens (including phenoxy) is 4. The average molecular weight is 1250 g/mol. The number of nitrogens with two attached hydrogens (primary N) is 2. The summed E-state index contributed by atoms with van der Waals surface area (Å²) in [5.74, 6) is 10.4. The van der Waals surface area contributed by atoms with E-state index in [0.717, 1.165) is 19.3 Å². The highest BCUT2D eigenvalue weighted by Crippen LogP contribution is 2.34. The van der Waals surface area contributed by atoms with Gasteiger partial charge in [-0.05, 0) is 67.7 Å². The van der Waals surface area contributed by atoms with E-state index in [1.54, 1.807) is 9.80 Å². The van der Waals surface area contributed by atoms with E-state index in [4.69, 9.17) is 41.9 Å². The summed E-state index contributed by atoms with van der Waals surface area (Å²) in [6.45, 7) is 1.36. The second-order valence-corrected chi connectivity index (χ2v) is 19.9. The molecule has 0 spiro atoms. The molecule has 4 aromatic heterocycles. The van der Waals surface area contributed by atoms with Crippen molar-refractivity contribution in [2.45, 2.75) is 95.0 Å². The number of amides is 2. The third kappa shape index (κ3) is 14.4. The van der Waals surface area contributed by atoms with Crippen molar-refractivity contribution in [3.05, 3.63) is 91.1 Å². The number of non-ortho nitro benzene ring substituents is 2. The van der Waals surface area contributed by atoms with Gasteiger partial charge in [0.05, 0.1) is 35.7 Å². The van der Waals surface area contributed by atoms with Gasteiger partial charge in [-0.3, -0.25) is 29.4 Å². The van der Waals surface area contributed by atoms with Gasteiger partial charge < -0.3 is 70.9 Å². The fourth-order valence-electron chi connectivity index (χ4n) is 9.18. The topological polar surface area (TPSA) is 424 Å². The van der Waals surface area contributed by atoms with Gasteiger partial charge in [0.1, 0.15) is 59.2 Å². The molecule has 82 heavy (non-hydrogen) atoms. The highest BCUT2D eigenvalue weighted by atomic mass is 127. The highest BCUT2D eigenvalue weighted by Gasteiger charge is 2.45. The zero-order chi connectivity index (χ0) is 58.1. The average Bonchev–Trinajstić information content (AvgIpc) is 4.25. The van der Waals surface area contributed by atoms with Crippen LogP contribution in [0.2, 0.25) is 0 Å². The lowest BCUT2D eigenvalue weighted by atomic mass is 9.94. The summed E-state index contributed by atoms with van der Waals surface area (Å²) in [7, 11) is 0. The van der Waals surface area contributed by atoms with Gasteiger partial charge in [0.15, 0.2) is 39.2 Å². The molecule has 4 aliphatic heterocycles. The molecule has 4 fully saturated rings. The van der Waals surface area contributed by atoms with Gasteiger partial charge in [-0.2, -0.15) is 0 Å². The van der Waals surface area contributed by atoms with E-state index in [0.29, 0.717) is 72.1 Å². The SMILES string of the molecule is C.C#CCC1CCN(C(=O)Oc2ccc([N+](=O)[O-])cc2)CC1.Nc1nc(C#CCC2CCN(C(=O)Oc3ccc([N+](=O)[O-])cc3)CC2)nc2c1ncn2[C@@H]1O[C@H](CO)C(O)[C@@H]1O.Nc1nc(I)nc2c1ncn2[C@@H]1O[C@H](CO)C(O)[C@@H]1O. The number of imidazole rings is 2. The molecule has 0 aliphatic carbocycles. The number of nitro groups is 2. The van der Waals surface area contributed by atoms with E-state index in [2.05, 4.69) is 47.7 Å². The maximum Gasteiger partial charge on any atom is 0.415 e. The van der Waals surface area contributed by atoms with Crippen LogP contribution in [-0.4, -0.2) is 178 Å². The zero-order valence-electron chi connectivity index (χ0n) is 42.8. The molecule has 30 nitrogen and oxygen atoms in total. The number of anilines is 2. The van der Waals surface area contributed by atoms with Crippen molar-refractivity contribution < 1.29 is 69.0 Å². The molecule has 2 aromatic carbocycles. The Morgan fingerprint density at radius 2 is 1.09 bits per heavy atom. The minimum absolute atomic E-state index is 0. The fourth-order valence-corrected chi connectivity index (χ4v) is 9.67. The van der Waals surface area contributed by atoms with Crippen molar-refractivity contribution in [2.24, 2.45) is 11.8 Å². The van der Waals surface area contributed by atoms with Crippen LogP contribution in [0, 0.1) is 60.1 Å². The Bertz CT molecular complexity index is 3320. The summed E-state index contributed by atoms with van der Waals surface area (Å²) in [5.41, 5.74) is 13.0. The Morgan fingerprint density at radius 1 is 0.671 bits per heavy atom. The summed E-state index contributed by atoms with van der Waals surface area (Å²) in [6.07, 6.45) is 2.90. The van der Waals surface area contributed by atoms with Crippen molar-refractivity contribution >= 4 is 80.1 Å². The number of likely N-dealkylation sites (tertiary alicyclic amines) is 2. The van der Waals surface area contributed by atoms with Crippen LogP contribution < -0.4 is 20.9 Å². The van der Waals surface area contributed by atoms with E-state index >= 15 is 0 Å². The first-order valence-corrected chi connectivity index (χ1v) is 26.2. The Morgan fingerprint density at radius 3 is 1.49 bits per heavy atom. The van der Waals surface area contributed by atoms with Gasteiger partial charge in [-0.1, -0.05) is 13.3 Å². The minimum atomic E-state index is -1.31. The first kappa shape index (κ1) is 61.6. The first-order valence-electron chi connectivity index (χ1n) is 25.1. The Hall–Kier alpha value is -7.99. The normalized spacial score (nSPS) is 22.6. The molecule has 0 bridgehead atoms. The van der Waals surface area contributed by atoms with Gasteiger partial charge in [0.25, 0.3) is 11.4 Å². The Balaban J connectivity index is 0.000000194. The summed E-state index contributed by atoms with van der Waals surface area (Å²) in [6, 6.07) is 10.8. The predicted molar refractivity (Wildman–Crippen MR) is 297 cm³/mol. The first-order chi connectivity index (χ1) is 38.9. The molecule has 436 valence electrons. The Labute approximate surface area is 480 Å². The number of nitrogens with zero attached hydrogens (tertiary/aromatic N) is 12. The van der Waals surface area contributed by atoms with E-state index in [-0.39, 0.29) is 59.1 Å². The maximum atomic E-state index is 12.5. The molecular weight excluding hydrogens is 1190 g/mol. The standard InChI is InChI=1S/C25H27N7O8.C15H16N2O4.C10H12IN5O4.CH4/c26-22-19-23(31(13-27-19)24-21(35)20(34)17(12-33)40-24)29-18(28-22)3-1-2-14-8-10-30(11-9-14)25(36)39-16-6-4-15(5-7-16)32(37)38;1-2-3-12-8-10-16(11-9-12)15(18)21-14-6-4-13(5-7-14)17(19)20;11-10-14-7(12)4-8(15-10)16(2-13-4)9-6(19)5(18)3(1-17)20-9;/h4-7,13-14,17,20-21,24,33-35H,2,8-12H2,(H2,26,28,29);1,4-7,12H,3,8-11H2;2-3,5-6,9,17-19H,1H2,(H2,12,14,15);1H4/t17-,20?,21+,24-;;3-,5?,6+,9-;/m1.1./s1. The zero-order valence-corrected chi connectivity index (χ0v) is 44.9. The van der Waals surface area contributed by atoms with E-state index < -0.39 is 84.3 Å². The number of aromatic nitrogens is 8. The number of hydrogen-bond acceptors (Lipinski definition) is 24. The number of nitro benzene ring substituents is 2. The second kappa shape index (κ2) is 27.7. The number of aliphatic hydroxyl groups excluding tert-OH is 6. The maximum absolute atomic E-state index is 12.5. The van der Waals surface area contributed by atoms with Gasteiger partial charge in [-0.25, -0.2) is 39.5 Å². The molecular formula is C51H59IN14O16. The Kier molecular flexibility index (Phi) is 20.8. The largest absolute Gasteiger partial charge is 0.415 e. The number of rotatable bonds is 10. The van der Waals surface area contributed by atoms with Crippen molar-refractivity contribution in [3.63, 3.8) is 0 Å². The van der Waals surface area contributed by atoms with Crippen molar-refractivity contribution in [1.82, 2.24) is 48.8 Å². The van der Waals surface area contributed by atoms with Crippen LogP contribution in [0.5, 0.6) is 11.5 Å². The lowest BCUT2D eigenvalue weighted by Gasteiger charge is -2.30. The molecule has 2 unspecified atom stereocenters. The summed E-state index contributed by atoms with van der Waals surface area (Å²) < 4.78 is 24.9. The molecule has 6 aromatic rings. The lowest BCUT2D eigenvalue weighted by Crippen LogP contribution is -2.40. The lowest BCUT2D eigenvalue weighted by molar-refractivity contribution is -0.385. The smallest absolute Gasteiger partial charge is 0.410 e. The number of benzene rings is 2. The highest BCUT2D eigenvalue weighted by molar-refractivity contribution is 14.1. The minimum Gasteiger partial charge on any atom is -0.410 e. The molecule has 2 amide bonds. The van der Waals surface area contributed by atoms with E-state index in [9.17, 15) is 55.4 Å². The molecule has 10 N–H and O–H groups in total. The van der Waals surface area contributed by atoms with Crippen LogP contribution in [0.3, 0.4) is 0 Å². The number of aliphatic hydroxyl groups is 6. The number of terminal acetylenes is 1. The number of hydrogen-bond donors (Lipinski definition) is 8. The van der Waals surface area contributed by atoms with Crippen LogP contribution in [0.25, 0.3) is 22.3 Å². The molecule has 31 heteroatoms. The number of piperidine rings is 2. The number of nitrogen functional groups attached to an aromatic ring is 2. The molecule has 0 saturated carbocycles. The molecule has 4 saturated heterocycles. The summed E-state index contributed by atoms with van der Waals surface area (Å²) >= 11 is 1.92. The number of halogens is 1. The number of fused-ring (bicyclic) bond motifs is 2. The summed E-state index contributed by atoms with van der Waals surface area (Å²) in [4.78, 5) is 73.0. The molecule has 8 heterocycles. The van der Waals surface area contributed by atoms with Crippen molar-refractivity contribution in [2.75, 3.05) is 50.9 Å². The van der Waals surface area contributed by atoms with Crippen molar-refractivity contribution in [1.29, 1.82) is 0 Å². The molecule has 0 radical (unpaired) electrons. The summed E-state index contributed by atoms with van der Waals surface area (Å²) in [5, 5.41) is 80.0. The van der Waals surface area contributed by atoms with Crippen LogP contribution >= 0.6 is 22.6 Å². The predicted octanol–water partition coefficient (Wildman–Crippen LogP) is 2.67. The number of carbonyl (C=O) groups is 2. The quantitative estimate of drug-likeness (QED) is 0.0321. The van der Waals surface area contributed by atoms with Gasteiger partial charge in [0.2, 0.25) is 5.82 Å². The molecule has 10 rings (SSSR count). The van der Waals surface area contributed by atoms with Crippen LogP contribution in [-0.2, 0) is 9.47 Å². The van der Waals surface area contributed by atoms with E-state index in [1.807, 2.05) is 22.6 Å². The number of carbonyl (C=O) groups excluding carboxylic acids is 2. The fraction of sp³-hybridized carbons (Fsp3) is 0.451. The van der Waals surface area contributed by atoms with Crippen molar-refractivity contribution in [3.8, 4) is 35.7 Å². The van der Waals surface area contributed by atoms with Crippen LogP contribution in [0.4, 0.5) is 32.6 Å². The van der Waals surface area contributed by atoms with Crippen LogP contribution in [0.15, 0.2) is 61.2 Å². The van der Waals surface area contributed by atoms with Gasteiger partial charge in [-0.15, -0.1) is 12.3 Å². The molecule has 4 aliphatic rings.